The van der Waals surface area contributed by atoms with Crippen LogP contribution in [0.2, 0.25) is 0 Å². The van der Waals surface area contributed by atoms with Crippen molar-refractivity contribution in [2.24, 2.45) is 23.7 Å². The largest absolute Gasteiger partial charge is 0.461 e. The lowest BCUT2D eigenvalue weighted by Crippen LogP contribution is -2.62. The third kappa shape index (κ3) is 18.7. The molecule has 8 amide bonds. The van der Waals surface area contributed by atoms with E-state index < -0.39 is 137 Å². The van der Waals surface area contributed by atoms with E-state index in [1.54, 1.807) is 120 Å². The van der Waals surface area contributed by atoms with Gasteiger partial charge in [-0.15, -0.1) is 0 Å². The van der Waals surface area contributed by atoms with Crippen LogP contribution in [0.5, 0.6) is 0 Å². The van der Waals surface area contributed by atoms with Crippen molar-refractivity contribution < 1.29 is 62.5 Å². The van der Waals surface area contributed by atoms with E-state index in [9.17, 15) is 33.9 Å². The summed E-state index contributed by atoms with van der Waals surface area (Å²) in [6.45, 7) is 16.5. The Balaban J connectivity index is 1.69. The Morgan fingerprint density at radius 2 is 1.08 bits per heavy atom. The second-order valence-corrected chi connectivity index (χ2v) is 25.1. The van der Waals surface area contributed by atoms with Gasteiger partial charge in [-0.3, -0.25) is 43.2 Å². The molecule has 0 spiro atoms. The smallest absolute Gasteiger partial charge is 0.332 e. The minimum atomic E-state index is -2.02. The highest BCUT2D eigenvalue weighted by atomic mass is 16.6. The number of fused-ring (bicyclic) bond motifs is 1. The lowest BCUT2D eigenvalue weighted by molar-refractivity contribution is -0.177. The lowest BCUT2D eigenvalue weighted by Gasteiger charge is -2.39. The second-order valence-electron chi connectivity index (χ2n) is 25.1. The number of cyclic esters (lactones) is 1. The van der Waals surface area contributed by atoms with Crippen LogP contribution in [0.15, 0.2) is 91.0 Å². The second kappa shape index (κ2) is 31.8. The van der Waals surface area contributed by atoms with E-state index in [1.807, 2.05) is 26.0 Å². The fourth-order valence-electron chi connectivity index (χ4n) is 11.7. The molecule has 5 rings (SSSR count). The van der Waals surface area contributed by atoms with E-state index in [0.717, 1.165) is 15.4 Å². The Morgan fingerprint density at radius 3 is 1.59 bits per heavy atom. The molecule has 2 heterocycles. The van der Waals surface area contributed by atoms with Crippen molar-refractivity contribution in [1.82, 2.24) is 40.4 Å². The number of rotatable bonds is 16. The maximum absolute atomic E-state index is 15.4. The maximum atomic E-state index is 15.4. The fraction of sp³-hybridized carbons (Fsp3) is 0.576. The minimum absolute atomic E-state index is 0.0102. The van der Waals surface area contributed by atoms with Crippen LogP contribution in [0.25, 0.3) is 0 Å². The summed E-state index contributed by atoms with van der Waals surface area (Å²) in [7, 11) is 5.50. The molecular formula is C66H94N8O13. The molecular weight excluding hydrogens is 1110 g/mol. The van der Waals surface area contributed by atoms with Gasteiger partial charge in [0.1, 0.15) is 48.9 Å². The summed E-state index contributed by atoms with van der Waals surface area (Å²) in [5, 5.41) is 20.4. The van der Waals surface area contributed by atoms with Crippen LogP contribution in [-0.2, 0) is 76.9 Å². The number of aliphatic hydroxyl groups is 1. The molecule has 2 aliphatic heterocycles. The first kappa shape index (κ1) is 70.1. The molecule has 2 saturated heterocycles. The summed E-state index contributed by atoms with van der Waals surface area (Å²) < 4.78 is 11.7. The molecule has 0 aliphatic carbocycles. The molecule has 0 radical (unpaired) electrons. The van der Waals surface area contributed by atoms with E-state index in [-0.39, 0.29) is 57.6 Å². The van der Waals surface area contributed by atoms with Crippen LogP contribution < -0.4 is 16.0 Å². The highest BCUT2D eigenvalue weighted by Crippen LogP contribution is 2.27. The standard InChI is InChI=1S/C66H94N8O13/c1-15-43(8)55-64(83)72(13)54(42(6)7)59(78)69-49(37-44-26-19-16-20-27-44)61(80)70(11)51(38-45-28-21-17-22-29-45)63(82)74-35-25-32-50(74)57(76)67-47(33-34-52(75)86-39-46-30-23-18-24-31-46)60(79)71(12)53(41(4)5)58(77)68-48(36-40(2)3)62(81)73(14)56(65(84)87-55)66(9,10)85/h16-24,26-31,40-43,47-51,53-56,85H,15,25,32-39H2,1-14H3,(H,67,76)(H,68,77)(H,69,78)/t43-,47-,48+,49+,50+,51+,53+,54+,55+,56-/m1/s1. The molecule has 0 unspecified atom stereocenters. The number of esters is 2. The van der Waals surface area contributed by atoms with E-state index in [1.165, 1.54) is 56.7 Å². The highest BCUT2D eigenvalue weighted by Gasteiger charge is 2.48. The molecule has 21 nitrogen and oxygen atoms in total. The van der Waals surface area contributed by atoms with Gasteiger partial charge in [-0.25, -0.2) is 4.79 Å². The Hall–Kier alpha value is -7.68. The SMILES string of the molecule is CC[C@@H](C)[C@@H]1OC(=O)[C@H](C(C)(C)O)N(C)C(=O)[C@H](CC(C)C)NC(=O)[C@H](C(C)C)N(C)C(=O)[C@@H](CCC(=O)OCc2ccccc2)NC(=O)[C@@H]2CCCN2C(=O)[C@H](Cc2ccccc2)N(C)C(=O)[C@H](Cc2ccccc2)NC(=O)[C@H](C(C)C)N(C)C1=O. The maximum Gasteiger partial charge on any atom is 0.332 e. The Labute approximate surface area is 513 Å². The molecule has 0 saturated carbocycles. The predicted octanol–water partition coefficient (Wildman–Crippen LogP) is 4.85. The van der Waals surface area contributed by atoms with Crippen LogP contribution in [0, 0.1) is 23.7 Å². The van der Waals surface area contributed by atoms with Gasteiger partial charge in [0, 0.05) is 59.9 Å². The van der Waals surface area contributed by atoms with Crippen molar-refractivity contribution >= 4 is 59.2 Å². The summed E-state index contributed by atoms with van der Waals surface area (Å²) >= 11 is 0. The first-order chi connectivity index (χ1) is 41.0. The summed E-state index contributed by atoms with van der Waals surface area (Å²) in [5.41, 5.74) is 0.0514. The van der Waals surface area contributed by atoms with E-state index in [4.69, 9.17) is 9.47 Å². The van der Waals surface area contributed by atoms with Crippen molar-refractivity contribution in [1.29, 1.82) is 0 Å². The van der Waals surface area contributed by atoms with Gasteiger partial charge in [-0.1, -0.05) is 146 Å². The number of nitrogens with zero attached hydrogens (tertiary/aromatic N) is 5. The number of amides is 8. The van der Waals surface area contributed by atoms with E-state index in [2.05, 4.69) is 16.0 Å². The normalized spacial score (nSPS) is 24.6. The van der Waals surface area contributed by atoms with Crippen molar-refractivity contribution in [3.8, 4) is 0 Å². The number of benzene rings is 3. The van der Waals surface area contributed by atoms with Crippen molar-refractivity contribution in [3.63, 3.8) is 0 Å². The molecule has 4 N–H and O–H groups in total. The molecule has 87 heavy (non-hydrogen) atoms. The summed E-state index contributed by atoms with van der Waals surface area (Å²) in [4.78, 5) is 155. The molecule has 3 aromatic carbocycles. The Kier molecular flexibility index (Phi) is 25.6. The molecule has 0 aromatic heterocycles. The summed E-state index contributed by atoms with van der Waals surface area (Å²) in [6, 6.07) is 16.0. The lowest BCUT2D eigenvalue weighted by atomic mass is 9.94. The molecule has 3 aromatic rings. The quantitative estimate of drug-likeness (QED) is 0.140. The predicted molar refractivity (Wildman–Crippen MR) is 327 cm³/mol. The number of carbonyl (C=O) groups is 10. The van der Waals surface area contributed by atoms with Gasteiger partial charge < -0.3 is 55.0 Å². The number of likely N-dealkylation sites (N-methyl/N-ethyl adjacent to an activating group) is 4. The van der Waals surface area contributed by atoms with Gasteiger partial charge in [0.25, 0.3) is 5.91 Å². The molecule has 476 valence electrons. The average molecular weight is 1210 g/mol. The first-order valence-corrected chi connectivity index (χ1v) is 30.5. The van der Waals surface area contributed by atoms with Crippen LogP contribution in [0.3, 0.4) is 0 Å². The molecule has 2 aliphatic rings. The Bertz CT molecular complexity index is 2850. The third-order valence-electron chi connectivity index (χ3n) is 16.5. The average Bonchev–Trinajstić information content (AvgIpc) is 2.36. The number of hydrogen-bond donors (Lipinski definition) is 4. The number of hydrogen-bond acceptors (Lipinski definition) is 13. The molecule has 10 atom stereocenters. The van der Waals surface area contributed by atoms with Crippen LogP contribution in [0.1, 0.15) is 124 Å². The van der Waals surface area contributed by atoms with Gasteiger partial charge in [0.15, 0.2) is 12.1 Å². The monoisotopic (exact) mass is 1210 g/mol. The molecule has 2 fully saturated rings. The number of ether oxygens (including phenoxy) is 2. The Morgan fingerprint density at radius 1 is 0.609 bits per heavy atom. The summed E-state index contributed by atoms with van der Waals surface area (Å²) in [5.74, 6) is -9.79. The van der Waals surface area contributed by atoms with Crippen molar-refractivity contribution in [2.75, 3.05) is 34.7 Å². The third-order valence-corrected chi connectivity index (χ3v) is 16.5. The number of carbonyl (C=O) groups excluding carboxylic acids is 10. The highest BCUT2D eigenvalue weighted by molar-refractivity contribution is 5.99. The summed E-state index contributed by atoms with van der Waals surface area (Å²) in [6.07, 6.45) is -1.38. The number of nitrogens with one attached hydrogen (secondary N) is 3. The van der Waals surface area contributed by atoms with Gasteiger partial charge >= 0.3 is 11.9 Å². The van der Waals surface area contributed by atoms with Crippen LogP contribution in [0.4, 0.5) is 0 Å². The topological polar surface area (TPSA) is 262 Å². The van der Waals surface area contributed by atoms with Crippen molar-refractivity contribution in [2.45, 2.75) is 187 Å². The van der Waals surface area contributed by atoms with Gasteiger partial charge in [0.05, 0.1) is 5.60 Å². The van der Waals surface area contributed by atoms with E-state index >= 15 is 19.2 Å². The van der Waals surface area contributed by atoms with Gasteiger partial charge in [-0.05, 0) is 80.4 Å². The fourth-order valence-corrected chi connectivity index (χ4v) is 11.7. The van der Waals surface area contributed by atoms with Gasteiger partial charge in [-0.2, -0.15) is 0 Å². The zero-order valence-electron chi connectivity index (χ0n) is 53.3. The minimum Gasteiger partial charge on any atom is -0.461 e. The zero-order chi connectivity index (χ0) is 64.6. The van der Waals surface area contributed by atoms with Crippen molar-refractivity contribution in [3.05, 3.63) is 108 Å². The van der Waals surface area contributed by atoms with Crippen LogP contribution in [-0.4, -0.2) is 184 Å². The molecule has 21 heteroatoms. The molecule has 0 bridgehead atoms. The first-order valence-electron chi connectivity index (χ1n) is 30.5. The van der Waals surface area contributed by atoms with E-state index in [0.29, 0.717) is 24.0 Å². The zero-order valence-corrected chi connectivity index (χ0v) is 53.3. The van der Waals surface area contributed by atoms with Gasteiger partial charge in [0.2, 0.25) is 41.4 Å². The van der Waals surface area contributed by atoms with Crippen LogP contribution >= 0.6 is 0 Å².